The minimum Gasteiger partial charge on any atom is -0.362 e. The van der Waals surface area contributed by atoms with Gasteiger partial charge in [-0.1, -0.05) is 0 Å². The van der Waals surface area contributed by atoms with E-state index in [1.165, 1.54) is 0 Å². The van der Waals surface area contributed by atoms with Crippen LogP contribution in [0.1, 0.15) is 13.3 Å². The summed E-state index contributed by atoms with van der Waals surface area (Å²) in [6, 6.07) is 2.50. The highest BCUT2D eigenvalue weighted by Crippen LogP contribution is 2.18. The monoisotopic (exact) mass is 251 g/mol. The zero-order valence-corrected chi connectivity index (χ0v) is 11.0. The lowest BCUT2D eigenvalue weighted by Gasteiger charge is -2.17. The Morgan fingerprint density at radius 3 is 3.17 bits per heavy atom. The van der Waals surface area contributed by atoms with Crippen LogP contribution in [0.5, 0.6) is 0 Å². The van der Waals surface area contributed by atoms with E-state index in [9.17, 15) is 0 Å². The fraction of sp³-hybridized carbons (Fsp3) is 0.667. The Kier molecular flexibility index (Phi) is 4.72. The van der Waals surface area contributed by atoms with Crippen molar-refractivity contribution < 1.29 is 4.74 Å². The highest BCUT2D eigenvalue weighted by Gasteiger charge is 2.22. The van der Waals surface area contributed by atoms with E-state index in [4.69, 9.17) is 4.74 Å². The molecule has 0 saturated carbocycles. The van der Waals surface area contributed by atoms with Crippen LogP contribution in [0.25, 0.3) is 0 Å². The minimum absolute atomic E-state index is 0.444. The van der Waals surface area contributed by atoms with E-state index in [1.807, 2.05) is 20.0 Å². The first-order chi connectivity index (χ1) is 8.83. The molecule has 1 aliphatic heterocycles. The van der Waals surface area contributed by atoms with Crippen LogP contribution in [0, 0.1) is 0 Å². The lowest BCUT2D eigenvalue weighted by Crippen LogP contribution is -2.30. The van der Waals surface area contributed by atoms with E-state index in [0.717, 1.165) is 25.3 Å². The van der Waals surface area contributed by atoms with Crippen molar-refractivity contribution in [3.8, 4) is 0 Å². The van der Waals surface area contributed by atoms with Gasteiger partial charge in [-0.05, 0) is 26.5 Å². The molecule has 0 radical (unpaired) electrons. The van der Waals surface area contributed by atoms with E-state index in [2.05, 4.69) is 25.5 Å². The number of ether oxygens (including phenoxy) is 1. The number of nitrogens with zero attached hydrogens (tertiary/aromatic N) is 3. The number of likely N-dealkylation sites (N-methyl/N-ethyl adjacent to an activating group) is 1. The molecule has 1 aliphatic rings. The molecule has 6 nitrogen and oxygen atoms in total. The summed E-state index contributed by atoms with van der Waals surface area (Å²) in [5, 5.41) is 6.35. The van der Waals surface area contributed by atoms with Gasteiger partial charge in [0.05, 0.1) is 0 Å². The molecule has 0 spiro atoms. The molecule has 1 aromatic rings. The van der Waals surface area contributed by atoms with Gasteiger partial charge < -0.3 is 20.3 Å². The first kappa shape index (κ1) is 13.0. The molecule has 0 aromatic carbocycles. The molecule has 6 heteroatoms. The minimum atomic E-state index is 0.444. The summed E-state index contributed by atoms with van der Waals surface area (Å²) in [4.78, 5) is 10.9. The molecular weight excluding hydrogens is 230 g/mol. The molecule has 0 bridgehead atoms. The van der Waals surface area contributed by atoms with Crippen molar-refractivity contribution in [2.75, 3.05) is 43.7 Å². The van der Waals surface area contributed by atoms with Crippen molar-refractivity contribution in [2.24, 2.45) is 0 Å². The number of hydrogen-bond acceptors (Lipinski definition) is 6. The predicted molar refractivity (Wildman–Crippen MR) is 71.8 cm³/mol. The Hall–Kier alpha value is -1.40. The molecule has 2 N–H and O–H groups in total. The average molecular weight is 251 g/mol. The number of rotatable bonds is 6. The highest BCUT2D eigenvalue weighted by molar-refractivity contribution is 5.43. The second kappa shape index (κ2) is 6.51. The Bertz CT molecular complexity index is 373. The maximum atomic E-state index is 5.22. The summed E-state index contributed by atoms with van der Waals surface area (Å²) in [6.07, 6.45) is 2.94. The van der Waals surface area contributed by atoms with Gasteiger partial charge in [-0.25, -0.2) is 4.98 Å². The molecule has 1 atom stereocenters. The topological polar surface area (TPSA) is 62.3 Å². The molecule has 1 fully saturated rings. The predicted octanol–water partition coefficient (Wildman–Crippen LogP) is 0.681. The lowest BCUT2D eigenvalue weighted by molar-refractivity contribution is 0.166. The maximum Gasteiger partial charge on any atom is 0.226 e. The Morgan fingerprint density at radius 2 is 2.44 bits per heavy atom. The number of nitrogens with one attached hydrogen (secondary N) is 2. The summed E-state index contributed by atoms with van der Waals surface area (Å²) in [5.41, 5.74) is 0. The number of hydrogen-bond donors (Lipinski definition) is 2. The third kappa shape index (κ3) is 3.30. The highest BCUT2D eigenvalue weighted by atomic mass is 16.5. The normalized spacial score (nSPS) is 19.2. The van der Waals surface area contributed by atoms with Gasteiger partial charge in [0.25, 0.3) is 0 Å². The van der Waals surface area contributed by atoms with E-state index in [0.29, 0.717) is 25.3 Å². The van der Waals surface area contributed by atoms with Crippen LogP contribution in [0.4, 0.5) is 11.8 Å². The summed E-state index contributed by atoms with van der Waals surface area (Å²) in [6.45, 7) is 5.12. The van der Waals surface area contributed by atoms with Crippen molar-refractivity contribution in [3.63, 3.8) is 0 Å². The van der Waals surface area contributed by atoms with Crippen molar-refractivity contribution in [1.82, 2.24) is 15.3 Å². The Morgan fingerprint density at radius 1 is 1.56 bits per heavy atom. The first-order valence-corrected chi connectivity index (χ1v) is 6.40. The van der Waals surface area contributed by atoms with Gasteiger partial charge in [-0.3, -0.25) is 0 Å². The van der Waals surface area contributed by atoms with Crippen molar-refractivity contribution in [2.45, 2.75) is 19.4 Å². The average Bonchev–Trinajstić information content (AvgIpc) is 2.88. The Labute approximate surface area is 108 Å². The van der Waals surface area contributed by atoms with Gasteiger partial charge in [-0.2, -0.15) is 4.98 Å². The van der Waals surface area contributed by atoms with E-state index >= 15 is 0 Å². The fourth-order valence-corrected chi connectivity index (χ4v) is 2.03. The van der Waals surface area contributed by atoms with Crippen LogP contribution in [0.3, 0.4) is 0 Å². The summed E-state index contributed by atoms with van der Waals surface area (Å²) >= 11 is 0. The molecule has 2 heterocycles. The fourth-order valence-electron chi connectivity index (χ4n) is 2.03. The molecule has 1 saturated heterocycles. The van der Waals surface area contributed by atoms with Crippen molar-refractivity contribution >= 4 is 11.8 Å². The summed E-state index contributed by atoms with van der Waals surface area (Å²) in [7, 11) is 2.00. The smallest absolute Gasteiger partial charge is 0.226 e. The molecule has 2 rings (SSSR count). The Balaban J connectivity index is 1.94. The zero-order chi connectivity index (χ0) is 12.8. The quantitative estimate of drug-likeness (QED) is 0.573. The zero-order valence-electron chi connectivity index (χ0n) is 11.0. The first-order valence-electron chi connectivity index (χ1n) is 6.40. The van der Waals surface area contributed by atoms with Crippen LogP contribution in [-0.2, 0) is 4.74 Å². The van der Waals surface area contributed by atoms with Crippen LogP contribution in [0.2, 0.25) is 0 Å². The molecule has 100 valence electrons. The third-order valence-electron chi connectivity index (χ3n) is 3.10. The molecule has 0 amide bonds. The number of anilines is 2. The van der Waals surface area contributed by atoms with Crippen LogP contribution in [0.15, 0.2) is 12.3 Å². The molecule has 18 heavy (non-hydrogen) atoms. The van der Waals surface area contributed by atoms with Gasteiger partial charge in [-0.15, -0.1) is 0 Å². The lowest BCUT2D eigenvalue weighted by atomic mass is 10.3. The van der Waals surface area contributed by atoms with Crippen LogP contribution < -0.4 is 15.5 Å². The van der Waals surface area contributed by atoms with Gasteiger partial charge in [0, 0.05) is 31.9 Å². The van der Waals surface area contributed by atoms with Crippen molar-refractivity contribution in [3.05, 3.63) is 12.3 Å². The second-order valence-corrected chi connectivity index (χ2v) is 4.27. The summed E-state index contributed by atoms with van der Waals surface area (Å²) < 4.78 is 5.22. The maximum absolute atomic E-state index is 5.22. The van der Waals surface area contributed by atoms with E-state index < -0.39 is 0 Å². The number of aromatic nitrogens is 2. The van der Waals surface area contributed by atoms with Crippen LogP contribution in [-0.4, -0.2) is 49.5 Å². The molecule has 0 aliphatic carbocycles. The van der Waals surface area contributed by atoms with Gasteiger partial charge >= 0.3 is 0 Å². The van der Waals surface area contributed by atoms with E-state index in [1.54, 1.807) is 6.20 Å². The summed E-state index contributed by atoms with van der Waals surface area (Å²) in [5.74, 6) is 1.59. The van der Waals surface area contributed by atoms with Gasteiger partial charge in [0.2, 0.25) is 5.95 Å². The molecular formula is C12H21N5O. The standard InChI is InChI=1S/C12H21N5O/c1-3-18-9-15-12-14-6-4-11(16-12)17-7-5-10(8-17)13-2/h4,6,10,13H,3,5,7-9H2,1-2H3,(H,14,15,16)/t10-/m1/s1. The van der Waals surface area contributed by atoms with Crippen molar-refractivity contribution in [1.29, 1.82) is 0 Å². The van der Waals surface area contributed by atoms with Crippen LogP contribution >= 0.6 is 0 Å². The largest absolute Gasteiger partial charge is 0.362 e. The van der Waals surface area contributed by atoms with Gasteiger partial charge in [0.1, 0.15) is 12.5 Å². The second-order valence-electron chi connectivity index (χ2n) is 4.27. The third-order valence-corrected chi connectivity index (χ3v) is 3.10. The molecule has 1 aromatic heterocycles. The molecule has 0 unspecified atom stereocenters. The SMILES string of the molecule is CCOCNc1nccc(N2CC[C@@H](NC)C2)n1. The van der Waals surface area contributed by atoms with E-state index in [-0.39, 0.29) is 0 Å². The van der Waals surface area contributed by atoms with Gasteiger partial charge in [0.15, 0.2) is 0 Å².